The van der Waals surface area contributed by atoms with E-state index in [1.165, 1.54) is 5.56 Å². The molecule has 35 heavy (non-hydrogen) atoms. The second-order valence-corrected chi connectivity index (χ2v) is 9.38. The molecule has 0 spiro atoms. The van der Waals surface area contributed by atoms with Gasteiger partial charge in [0, 0.05) is 38.8 Å². The molecule has 2 heterocycles. The number of rotatable bonds is 3. The van der Waals surface area contributed by atoms with Crippen molar-refractivity contribution in [3.05, 3.63) is 69.3 Å². The molecule has 1 aromatic heterocycles. The van der Waals surface area contributed by atoms with Crippen LogP contribution in [0.5, 0.6) is 0 Å². The van der Waals surface area contributed by atoms with Crippen molar-refractivity contribution in [3.63, 3.8) is 0 Å². The Labute approximate surface area is 215 Å². The van der Waals surface area contributed by atoms with Gasteiger partial charge in [-0.15, -0.1) is 0 Å². The van der Waals surface area contributed by atoms with Crippen molar-refractivity contribution in [1.82, 2.24) is 9.88 Å². The molecule has 1 aliphatic heterocycles. The lowest BCUT2D eigenvalue weighted by molar-refractivity contribution is -0.125. The summed E-state index contributed by atoms with van der Waals surface area (Å²) in [6.07, 6.45) is 0.745. The van der Waals surface area contributed by atoms with Gasteiger partial charge in [-0.2, -0.15) is 0 Å². The maximum atomic E-state index is 13.4. The van der Waals surface area contributed by atoms with Crippen LogP contribution in [-0.4, -0.2) is 45.2 Å². The Bertz CT molecular complexity index is 1180. The number of amides is 1. The fourth-order valence-corrected chi connectivity index (χ4v) is 3.84. The molecule has 2 aromatic carbocycles. The first-order valence-electron chi connectivity index (χ1n) is 11.3. The van der Waals surface area contributed by atoms with Gasteiger partial charge < -0.3 is 19.8 Å². The lowest BCUT2D eigenvalue weighted by Gasteiger charge is -2.28. The van der Waals surface area contributed by atoms with Gasteiger partial charge in [-0.05, 0) is 63.1 Å². The summed E-state index contributed by atoms with van der Waals surface area (Å²) < 4.78 is 0. The molecule has 0 saturated heterocycles. The minimum Gasteiger partial charge on any atom is -0.483 e. The molecular weight excluding hydrogens is 489 g/mol. The first-order chi connectivity index (χ1) is 16.6. The molecule has 188 valence electrons. The van der Waals surface area contributed by atoms with Crippen molar-refractivity contribution in [1.29, 1.82) is 0 Å². The van der Waals surface area contributed by atoms with Gasteiger partial charge in [-0.3, -0.25) is 9.59 Å². The molecule has 3 aromatic rings. The molecule has 0 unspecified atom stereocenters. The highest BCUT2D eigenvalue weighted by atomic mass is 35.5. The summed E-state index contributed by atoms with van der Waals surface area (Å²) >= 11 is 12.2. The van der Waals surface area contributed by atoms with Crippen LogP contribution in [0.2, 0.25) is 10.0 Å². The minimum atomic E-state index is -0.510. The second kappa shape index (κ2) is 12.6. The molecule has 1 amide bonds. The Morgan fingerprint density at radius 2 is 1.71 bits per heavy atom. The van der Waals surface area contributed by atoms with E-state index >= 15 is 0 Å². The predicted molar refractivity (Wildman–Crippen MR) is 141 cm³/mol. The Hall–Kier alpha value is -3.03. The van der Waals surface area contributed by atoms with E-state index in [1.807, 2.05) is 52.8 Å². The molecule has 9 heteroatoms. The summed E-state index contributed by atoms with van der Waals surface area (Å²) in [6.45, 7) is 10.5. The number of carbonyl (C=O) groups is 2. The van der Waals surface area contributed by atoms with Crippen LogP contribution in [-0.2, 0) is 27.4 Å². The minimum absolute atomic E-state index is 0.177. The maximum absolute atomic E-state index is 13.4. The van der Waals surface area contributed by atoms with Crippen molar-refractivity contribution >= 4 is 52.2 Å². The number of aromatic amines is 1. The lowest BCUT2D eigenvalue weighted by Crippen LogP contribution is -2.40. The van der Waals surface area contributed by atoms with E-state index in [4.69, 9.17) is 37.9 Å². The summed E-state index contributed by atoms with van der Waals surface area (Å²) in [6, 6.07) is 12.9. The summed E-state index contributed by atoms with van der Waals surface area (Å²) in [5.74, 6) is -0.177. The third kappa shape index (κ3) is 7.47. The molecule has 4 rings (SSSR count). The van der Waals surface area contributed by atoms with E-state index in [0.29, 0.717) is 28.7 Å². The Balaban J connectivity index is 0.000000803. The second-order valence-electron chi connectivity index (χ2n) is 8.50. The number of oxime groups is 1. The summed E-state index contributed by atoms with van der Waals surface area (Å²) in [7, 11) is 0. The Morgan fingerprint density at radius 3 is 2.31 bits per heavy atom. The van der Waals surface area contributed by atoms with Gasteiger partial charge in [0.1, 0.15) is 5.60 Å². The number of carboxylic acid groups (broad SMARTS) is 1. The van der Waals surface area contributed by atoms with E-state index in [1.54, 1.807) is 29.2 Å². The predicted octanol–water partition coefficient (Wildman–Crippen LogP) is 6.31. The average Bonchev–Trinajstić information content (AvgIpc) is 3.18. The first-order valence-corrected chi connectivity index (χ1v) is 12.1. The topological polar surface area (TPSA) is 95.0 Å². The average molecular weight is 520 g/mol. The van der Waals surface area contributed by atoms with E-state index in [2.05, 4.69) is 10.1 Å². The third-order valence-electron chi connectivity index (χ3n) is 4.96. The van der Waals surface area contributed by atoms with Gasteiger partial charge in [-0.1, -0.05) is 54.3 Å². The van der Waals surface area contributed by atoms with Crippen LogP contribution in [0.1, 0.15) is 51.4 Å². The zero-order chi connectivity index (χ0) is 26.2. The van der Waals surface area contributed by atoms with Crippen LogP contribution in [0.4, 0.5) is 0 Å². The van der Waals surface area contributed by atoms with E-state index in [0.717, 1.165) is 23.0 Å². The molecule has 0 bridgehead atoms. The monoisotopic (exact) mass is 519 g/mol. The van der Waals surface area contributed by atoms with Gasteiger partial charge in [0.2, 0.25) is 0 Å². The SMILES string of the molecule is CC.CC(C)(C)O/N=C(/C(=O)N1CCc2c([nH]c3ccc(Cl)cc23)C1)c1ccc(Cl)cc1.O=CO. The molecule has 2 N–H and O–H groups in total. The van der Waals surface area contributed by atoms with E-state index < -0.39 is 5.60 Å². The highest BCUT2D eigenvalue weighted by Gasteiger charge is 2.28. The normalized spacial score (nSPS) is 13.1. The Kier molecular flexibility index (Phi) is 10.2. The van der Waals surface area contributed by atoms with Crippen molar-refractivity contribution in [2.45, 2.75) is 53.2 Å². The van der Waals surface area contributed by atoms with Crippen LogP contribution in [0.3, 0.4) is 0 Å². The van der Waals surface area contributed by atoms with Crippen LogP contribution in [0.15, 0.2) is 47.6 Å². The number of halogens is 2. The molecule has 0 radical (unpaired) electrons. The number of aromatic nitrogens is 1. The third-order valence-corrected chi connectivity index (χ3v) is 5.44. The highest BCUT2D eigenvalue weighted by molar-refractivity contribution is 6.45. The number of benzene rings is 2. The number of nitrogens with one attached hydrogen (secondary N) is 1. The fourth-order valence-electron chi connectivity index (χ4n) is 3.54. The number of hydrogen-bond acceptors (Lipinski definition) is 4. The number of fused-ring (bicyclic) bond motifs is 3. The van der Waals surface area contributed by atoms with Crippen LogP contribution < -0.4 is 0 Å². The molecule has 7 nitrogen and oxygen atoms in total. The van der Waals surface area contributed by atoms with Crippen molar-refractivity contribution in [2.24, 2.45) is 5.16 Å². The lowest BCUT2D eigenvalue weighted by atomic mass is 10.0. The summed E-state index contributed by atoms with van der Waals surface area (Å²) in [5, 5.41) is 13.5. The number of carbonyl (C=O) groups excluding carboxylic acids is 1. The van der Waals surface area contributed by atoms with Crippen molar-refractivity contribution < 1.29 is 19.5 Å². The first kappa shape index (κ1) is 28.2. The van der Waals surface area contributed by atoms with E-state index in [9.17, 15) is 4.79 Å². The largest absolute Gasteiger partial charge is 0.483 e. The Morgan fingerprint density at radius 1 is 1.11 bits per heavy atom. The molecule has 0 fully saturated rings. The van der Waals surface area contributed by atoms with Gasteiger partial charge in [0.15, 0.2) is 5.71 Å². The smallest absolute Gasteiger partial charge is 0.290 e. The van der Waals surface area contributed by atoms with Crippen LogP contribution in [0.25, 0.3) is 10.9 Å². The molecule has 0 atom stereocenters. The number of nitrogens with zero attached hydrogens (tertiary/aromatic N) is 2. The standard InChI is InChI=1S/C23H23Cl2N3O2.C2H6.CH2O2/c1-23(2,3)30-27-21(14-4-6-15(24)7-5-14)22(29)28-11-10-17-18-12-16(25)8-9-19(18)26-20(17)13-28;1-2;2-1-3/h4-9,12,26H,10-11,13H2,1-3H3;1-2H3;1H,(H,2,3)/b27-21+;;. The molecular formula is C26H31Cl2N3O4. The van der Waals surface area contributed by atoms with Gasteiger partial charge in [-0.25, -0.2) is 0 Å². The highest BCUT2D eigenvalue weighted by Crippen LogP contribution is 2.30. The van der Waals surface area contributed by atoms with Gasteiger partial charge >= 0.3 is 0 Å². The quantitative estimate of drug-likeness (QED) is 0.241. The van der Waals surface area contributed by atoms with Gasteiger partial charge in [0.05, 0.1) is 6.54 Å². The number of H-pyrrole nitrogens is 1. The fraction of sp³-hybridized carbons (Fsp3) is 0.346. The zero-order valence-electron chi connectivity index (χ0n) is 20.6. The van der Waals surface area contributed by atoms with Gasteiger partial charge in [0.25, 0.3) is 12.4 Å². The van der Waals surface area contributed by atoms with Crippen molar-refractivity contribution in [3.8, 4) is 0 Å². The maximum Gasteiger partial charge on any atom is 0.290 e. The summed E-state index contributed by atoms with van der Waals surface area (Å²) in [5.41, 5.74) is 3.70. The number of hydrogen-bond donors (Lipinski definition) is 2. The van der Waals surface area contributed by atoms with Crippen molar-refractivity contribution in [2.75, 3.05) is 6.54 Å². The van der Waals surface area contributed by atoms with Crippen LogP contribution in [0, 0.1) is 0 Å². The summed E-state index contributed by atoms with van der Waals surface area (Å²) in [4.78, 5) is 32.6. The zero-order valence-corrected chi connectivity index (χ0v) is 22.1. The molecule has 1 aliphatic rings. The molecule has 0 saturated carbocycles. The van der Waals surface area contributed by atoms with E-state index in [-0.39, 0.29) is 18.1 Å². The molecule has 0 aliphatic carbocycles. The van der Waals surface area contributed by atoms with Crippen LogP contribution >= 0.6 is 23.2 Å².